The molecular formula is C15H21N3. The minimum Gasteiger partial charge on any atom is -0.306 e. The number of rotatable bonds is 5. The van der Waals surface area contributed by atoms with Crippen LogP contribution in [-0.2, 0) is 13.0 Å². The van der Waals surface area contributed by atoms with Crippen LogP contribution in [0.2, 0.25) is 0 Å². The molecule has 3 heteroatoms. The van der Waals surface area contributed by atoms with Gasteiger partial charge in [-0.2, -0.15) is 5.10 Å². The highest BCUT2D eigenvalue weighted by Crippen LogP contribution is 2.14. The third kappa shape index (κ3) is 2.99. The number of hydrogen-bond acceptors (Lipinski definition) is 2. The molecule has 1 atom stereocenters. The van der Waals surface area contributed by atoms with Gasteiger partial charge in [0.05, 0.1) is 6.20 Å². The van der Waals surface area contributed by atoms with Crippen LogP contribution in [0.4, 0.5) is 0 Å². The van der Waals surface area contributed by atoms with Crippen LogP contribution in [0.1, 0.15) is 42.3 Å². The molecule has 2 rings (SSSR count). The summed E-state index contributed by atoms with van der Waals surface area (Å²) in [4.78, 5) is 0. The van der Waals surface area contributed by atoms with Crippen LogP contribution >= 0.6 is 0 Å². The number of aryl methyl sites for hydroxylation is 2. The first-order valence-corrected chi connectivity index (χ1v) is 6.51. The Hall–Kier alpha value is -1.61. The van der Waals surface area contributed by atoms with Gasteiger partial charge in [0.2, 0.25) is 0 Å². The molecule has 1 aromatic heterocycles. The van der Waals surface area contributed by atoms with Gasteiger partial charge in [0.25, 0.3) is 0 Å². The lowest BCUT2D eigenvalue weighted by Gasteiger charge is -2.14. The Balaban J connectivity index is 1.94. The van der Waals surface area contributed by atoms with E-state index in [1.54, 1.807) is 0 Å². The molecule has 0 spiro atoms. The van der Waals surface area contributed by atoms with Crippen LogP contribution in [0.5, 0.6) is 0 Å². The summed E-state index contributed by atoms with van der Waals surface area (Å²) in [6.07, 6.45) is 2.98. The maximum Gasteiger partial charge on any atom is 0.0535 e. The van der Waals surface area contributed by atoms with E-state index >= 15 is 0 Å². The van der Waals surface area contributed by atoms with E-state index in [1.807, 2.05) is 13.1 Å². The number of H-pyrrole nitrogens is 1. The molecular weight excluding hydrogens is 222 g/mol. The van der Waals surface area contributed by atoms with Crippen molar-refractivity contribution in [2.75, 3.05) is 0 Å². The predicted octanol–water partition coefficient (Wildman–Crippen LogP) is 3.13. The number of aromatic nitrogens is 2. The van der Waals surface area contributed by atoms with Gasteiger partial charge in [-0.1, -0.05) is 31.2 Å². The Morgan fingerprint density at radius 1 is 1.28 bits per heavy atom. The quantitative estimate of drug-likeness (QED) is 0.847. The largest absolute Gasteiger partial charge is 0.306 e. The third-order valence-corrected chi connectivity index (χ3v) is 3.42. The molecule has 18 heavy (non-hydrogen) atoms. The minimum atomic E-state index is 0.352. The Bertz CT molecular complexity index is 485. The zero-order valence-corrected chi connectivity index (χ0v) is 11.3. The number of nitrogens with zero attached hydrogens (tertiary/aromatic N) is 1. The minimum absolute atomic E-state index is 0.352. The van der Waals surface area contributed by atoms with Crippen molar-refractivity contribution < 1.29 is 0 Å². The lowest BCUT2D eigenvalue weighted by Crippen LogP contribution is -2.18. The fourth-order valence-corrected chi connectivity index (χ4v) is 1.98. The second-order valence-electron chi connectivity index (χ2n) is 4.72. The molecule has 96 valence electrons. The van der Waals surface area contributed by atoms with E-state index < -0.39 is 0 Å². The van der Waals surface area contributed by atoms with Crippen molar-refractivity contribution in [2.45, 2.75) is 39.8 Å². The van der Waals surface area contributed by atoms with Crippen LogP contribution in [0.25, 0.3) is 0 Å². The molecule has 2 N–H and O–H groups in total. The number of benzene rings is 1. The van der Waals surface area contributed by atoms with E-state index in [2.05, 4.69) is 53.6 Å². The Kier molecular flexibility index (Phi) is 4.15. The van der Waals surface area contributed by atoms with E-state index in [4.69, 9.17) is 0 Å². The number of hydrogen-bond donors (Lipinski definition) is 2. The van der Waals surface area contributed by atoms with Gasteiger partial charge in [0, 0.05) is 23.8 Å². The first kappa shape index (κ1) is 12.8. The summed E-state index contributed by atoms with van der Waals surface area (Å²) in [7, 11) is 0. The van der Waals surface area contributed by atoms with Crippen molar-refractivity contribution in [2.24, 2.45) is 0 Å². The second-order valence-corrected chi connectivity index (χ2v) is 4.72. The highest BCUT2D eigenvalue weighted by atomic mass is 15.1. The van der Waals surface area contributed by atoms with Crippen LogP contribution < -0.4 is 5.32 Å². The summed E-state index contributed by atoms with van der Waals surface area (Å²) in [6.45, 7) is 7.26. The molecule has 0 saturated carbocycles. The van der Waals surface area contributed by atoms with Crippen molar-refractivity contribution in [1.29, 1.82) is 0 Å². The van der Waals surface area contributed by atoms with Gasteiger partial charge >= 0.3 is 0 Å². The molecule has 0 bridgehead atoms. The normalized spacial score (nSPS) is 12.6. The molecule has 1 heterocycles. The monoisotopic (exact) mass is 243 g/mol. The summed E-state index contributed by atoms with van der Waals surface area (Å²) in [5.41, 5.74) is 5.08. The molecule has 0 saturated heterocycles. The molecule has 0 unspecified atom stereocenters. The highest BCUT2D eigenvalue weighted by molar-refractivity contribution is 5.25. The van der Waals surface area contributed by atoms with Crippen molar-refractivity contribution in [1.82, 2.24) is 15.5 Å². The second kappa shape index (κ2) is 5.83. The molecule has 0 aliphatic rings. The maximum atomic E-state index is 4.03. The van der Waals surface area contributed by atoms with Crippen LogP contribution in [0.3, 0.4) is 0 Å². The van der Waals surface area contributed by atoms with Gasteiger partial charge in [-0.25, -0.2) is 0 Å². The summed E-state index contributed by atoms with van der Waals surface area (Å²) >= 11 is 0. The topological polar surface area (TPSA) is 40.7 Å². The SMILES string of the molecule is CCc1ccc([C@H](C)NCc2cn[nH]c2C)cc1. The first-order valence-electron chi connectivity index (χ1n) is 6.51. The van der Waals surface area contributed by atoms with Gasteiger partial charge in [-0.15, -0.1) is 0 Å². The summed E-state index contributed by atoms with van der Waals surface area (Å²) in [6, 6.07) is 9.18. The summed E-state index contributed by atoms with van der Waals surface area (Å²) in [5.74, 6) is 0. The highest BCUT2D eigenvalue weighted by Gasteiger charge is 2.06. The lowest BCUT2D eigenvalue weighted by molar-refractivity contribution is 0.573. The summed E-state index contributed by atoms with van der Waals surface area (Å²) < 4.78 is 0. The Labute approximate surface area is 109 Å². The van der Waals surface area contributed by atoms with Gasteiger partial charge < -0.3 is 5.32 Å². The van der Waals surface area contributed by atoms with E-state index in [0.29, 0.717) is 6.04 Å². The van der Waals surface area contributed by atoms with E-state index in [9.17, 15) is 0 Å². The molecule has 1 aromatic carbocycles. The molecule has 2 aromatic rings. The van der Waals surface area contributed by atoms with Crippen LogP contribution in [0.15, 0.2) is 30.5 Å². The standard InChI is InChI=1S/C15H21N3/c1-4-13-5-7-14(8-6-13)11(2)16-9-15-10-17-18-12(15)3/h5-8,10-11,16H,4,9H2,1-3H3,(H,17,18)/t11-/m0/s1. The Morgan fingerprint density at radius 3 is 2.56 bits per heavy atom. The van der Waals surface area contributed by atoms with Crippen molar-refractivity contribution in [3.05, 3.63) is 52.8 Å². The molecule has 0 radical (unpaired) electrons. The zero-order valence-electron chi connectivity index (χ0n) is 11.3. The Morgan fingerprint density at radius 2 is 2.00 bits per heavy atom. The van der Waals surface area contributed by atoms with Gasteiger partial charge in [0.15, 0.2) is 0 Å². The molecule has 0 aliphatic heterocycles. The van der Waals surface area contributed by atoms with E-state index in [0.717, 1.165) is 18.7 Å². The van der Waals surface area contributed by atoms with Crippen LogP contribution in [-0.4, -0.2) is 10.2 Å². The van der Waals surface area contributed by atoms with Gasteiger partial charge in [0.1, 0.15) is 0 Å². The van der Waals surface area contributed by atoms with Crippen molar-refractivity contribution in [3.8, 4) is 0 Å². The first-order chi connectivity index (χ1) is 8.70. The fourth-order valence-electron chi connectivity index (χ4n) is 1.98. The van der Waals surface area contributed by atoms with Crippen molar-refractivity contribution in [3.63, 3.8) is 0 Å². The van der Waals surface area contributed by atoms with Gasteiger partial charge in [-0.05, 0) is 31.4 Å². The average Bonchev–Trinajstić information content (AvgIpc) is 2.81. The summed E-state index contributed by atoms with van der Waals surface area (Å²) in [5, 5.41) is 10.5. The van der Waals surface area contributed by atoms with Crippen molar-refractivity contribution >= 4 is 0 Å². The van der Waals surface area contributed by atoms with Gasteiger partial charge in [-0.3, -0.25) is 5.10 Å². The van der Waals surface area contributed by atoms with Crippen LogP contribution in [0, 0.1) is 6.92 Å². The number of aromatic amines is 1. The predicted molar refractivity (Wildman–Crippen MR) is 74.4 cm³/mol. The molecule has 0 fully saturated rings. The molecule has 0 aliphatic carbocycles. The lowest BCUT2D eigenvalue weighted by atomic mass is 10.0. The molecule has 3 nitrogen and oxygen atoms in total. The van der Waals surface area contributed by atoms with E-state index in [1.165, 1.54) is 16.7 Å². The maximum absolute atomic E-state index is 4.03. The zero-order chi connectivity index (χ0) is 13.0. The molecule has 0 amide bonds. The number of nitrogens with one attached hydrogen (secondary N) is 2. The smallest absolute Gasteiger partial charge is 0.0535 e. The van der Waals surface area contributed by atoms with E-state index in [-0.39, 0.29) is 0 Å². The average molecular weight is 243 g/mol. The fraction of sp³-hybridized carbons (Fsp3) is 0.400. The third-order valence-electron chi connectivity index (χ3n) is 3.42.